The predicted octanol–water partition coefficient (Wildman–Crippen LogP) is 0.606. The Morgan fingerprint density at radius 3 is 2.38 bits per heavy atom. The third-order valence-electron chi connectivity index (χ3n) is 2.07. The average Bonchev–Trinajstić information content (AvgIpc) is 2.18. The van der Waals surface area contributed by atoms with Crippen LogP contribution in [-0.2, 0) is 10.3 Å². The van der Waals surface area contributed by atoms with Gasteiger partial charge in [-0.2, -0.15) is 0 Å². The predicted molar refractivity (Wildman–Crippen MR) is 52.0 cm³/mol. The van der Waals surface area contributed by atoms with Gasteiger partial charge in [0.15, 0.2) is 0 Å². The van der Waals surface area contributed by atoms with E-state index in [4.69, 9.17) is 5.73 Å². The van der Waals surface area contributed by atoms with Gasteiger partial charge in [-0.05, 0) is 12.5 Å². The fraction of sp³-hybridized carbons (Fsp3) is 0.300. The summed E-state index contributed by atoms with van der Waals surface area (Å²) >= 11 is 0. The second-order valence-electron chi connectivity index (χ2n) is 3.15. The van der Waals surface area contributed by atoms with Gasteiger partial charge < -0.3 is 11.1 Å². The van der Waals surface area contributed by atoms with Crippen LogP contribution in [-0.4, -0.2) is 13.0 Å². The summed E-state index contributed by atoms with van der Waals surface area (Å²) in [7, 11) is 1.58. The first kappa shape index (κ1) is 9.74. The molecule has 0 saturated carbocycles. The molecular formula is C10H14N2O. The zero-order chi connectivity index (χ0) is 9.90. The molecule has 3 nitrogen and oxygen atoms in total. The molecule has 0 aliphatic carbocycles. The number of hydrogen-bond acceptors (Lipinski definition) is 2. The summed E-state index contributed by atoms with van der Waals surface area (Å²) < 4.78 is 0. The Kier molecular flexibility index (Phi) is 2.68. The Bertz CT molecular complexity index is 293. The van der Waals surface area contributed by atoms with Crippen LogP contribution in [0.3, 0.4) is 0 Å². The van der Waals surface area contributed by atoms with Gasteiger partial charge in [0, 0.05) is 7.05 Å². The molecule has 70 valence electrons. The maximum absolute atomic E-state index is 11.4. The van der Waals surface area contributed by atoms with E-state index in [1.165, 1.54) is 0 Å². The maximum atomic E-state index is 11.4. The van der Waals surface area contributed by atoms with Crippen molar-refractivity contribution in [1.29, 1.82) is 0 Å². The summed E-state index contributed by atoms with van der Waals surface area (Å²) in [5.74, 6) is -0.182. The summed E-state index contributed by atoms with van der Waals surface area (Å²) in [5.41, 5.74) is 5.75. The fourth-order valence-electron chi connectivity index (χ4n) is 1.18. The molecule has 0 aliphatic rings. The lowest BCUT2D eigenvalue weighted by Gasteiger charge is -2.22. The van der Waals surface area contributed by atoms with Gasteiger partial charge >= 0.3 is 0 Å². The molecule has 0 heterocycles. The molecule has 0 fully saturated rings. The summed E-state index contributed by atoms with van der Waals surface area (Å²) in [4.78, 5) is 11.4. The lowest BCUT2D eigenvalue weighted by atomic mass is 9.92. The minimum absolute atomic E-state index is 0.182. The molecule has 0 bridgehead atoms. The lowest BCUT2D eigenvalue weighted by molar-refractivity contribution is -0.125. The molecule has 1 aromatic rings. The van der Waals surface area contributed by atoms with Crippen molar-refractivity contribution in [3.05, 3.63) is 35.9 Å². The number of likely N-dealkylation sites (N-methyl/N-ethyl adjacent to an activating group) is 1. The normalized spacial score (nSPS) is 14.7. The van der Waals surface area contributed by atoms with Gasteiger partial charge in [-0.15, -0.1) is 0 Å². The molecule has 13 heavy (non-hydrogen) atoms. The van der Waals surface area contributed by atoms with Crippen molar-refractivity contribution in [3.8, 4) is 0 Å². The molecule has 3 heteroatoms. The molecule has 3 N–H and O–H groups in total. The molecule has 1 atom stereocenters. The van der Waals surface area contributed by atoms with Gasteiger partial charge in [-0.1, -0.05) is 30.3 Å². The van der Waals surface area contributed by atoms with Crippen LogP contribution in [0.5, 0.6) is 0 Å². The zero-order valence-corrected chi connectivity index (χ0v) is 7.87. The highest BCUT2D eigenvalue weighted by Crippen LogP contribution is 2.16. The van der Waals surface area contributed by atoms with Crippen LogP contribution >= 0.6 is 0 Å². The molecule has 0 spiro atoms. The smallest absolute Gasteiger partial charge is 0.244 e. The van der Waals surface area contributed by atoms with Gasteiger partial charge in [0.25, 0.3) is 0 Å². The van der Waals surface area contributed by atoms with Gasteiger partial charge in [-0.3, -0.25) is 4.79 Å². The first-order chi connectivity index (χ1) is 6.09. The van der Waals surface area contributed by atoms with Crippen molar-refractivity contribution in [2.75, 3.05) is 7.05 Å². The minimum atomic E-state index is -0.948. The number of benzene rings is 1. The van der Waals surface area contributed by atoms with Crippen LogP contribution < -0.4 is 11.1 Å². The van der Waals surface area contributed by atoms with Crippen LogP contribution in [0.25, 0.3) is 0 Å². The van der Waals surface area contributed by atoms with E-state index in [0.717, 1.165) is 5.56 Å². The fourth-order valence-corrected chi connectivity index (χ4v) is 1.18. The largest absolute Gasteiger partial charge is 0.357 e. The van der Waals surface area contributed by atoms with Crippen molar-refractivity contribution in [1.82, 2.24) is 5.32 Å². The molecular weight excluding hydrogens is 164 g/mol. The van der Waals surface area contributed by atoms with Crippen LogP contribution in [0.2, 0.25) is 0 Å². The van der Waals surface area contributed by atoms with E-state index >= 15 is 0 Å². The van der Waals surface area contributed by atoms with E-state index in [1.807, 2.05) is 30.3 Å². The van der Waals surface area contributed by atoms with Crippen LogP contribution in [0.15, 0.2) is 30.3 Å². The average molecular weight is 178 g/mol. The second-order valence-corrected chi connectivity index (χ2v) is 3.15. The standard InChI is InChI=1S/C10H14N2O/c1-10(11,9(13)12-2)8-6-4-3-5-7-8/h3-7H,11H2,1-2H3,(H,12,13)/t10-/m0/s1. The van der Waals surface area contributed by atoms with Crippen LogP contribution in [0.1, 0.15) is 12.5 Å². The number of carbonyl (C=O) groups excluding carboxylic acids is 1. The maximum Gasteiger partial charge on any atom is 0.244 e. The Morgan fingerprint density at radius 1 is 1.38 bits per heavy atom. The SMILES string of the molecule is CNC(=O)[C@@](C)(N)c1ccccc1. The van der Waals surface area contributed by atoms with E-state index in [9.17, 15) is 4.79 Å². The quantitative estimate of drug-likeness (QED) is 0.697. The number of rotatable bonds is 2. The first-order valence-corrected chi connectivity index (χ1v) is 4.15. The number of hydrogen-bond donors (Lipinski definition) is 2. The van der Waals surface area contributed by atoms with Gasteiger partial charge in [0.1, 0.15) is 5.54 Å². The Balaban J connectivity index is 3.00. The molecule has 0 radical (unpaired) electrons. The van der Waals surface area contributed by atoms with E-state index < -0.39 is 5.54 Å². The van der Waals surface area contributed by atoms with Crippen molar-refractivity contribution in [2.24, 2.45) is 5.73 Å². The van der Waals surface area contributed by atoms with Crippen LogP contribution in [0.4, 0.5) is 0 Å². The Hall–Kier alpha value is -1.35. The van der Waals surface area contributed by atoms with Crippen molar-refractivity contribution in [3.63, 3.8) is 0 Å². The molecule has 0 aliphatic heterocycles. The molecule has 0 aromatic heterocycles. The van der Waals surface area contributed by atoms with E-state index in [-0.39, 0.29) is 5.91 Å². The highest BCUT2D eigenvalue weighted by atomic mass is 16.2. The monoisotopic (exact) mass is 178 g/mol. The molecule has 0 unspecified atom stereocenters. The Labute approximate surface area is 77.9 Å². The number of carbonyl (C=O) groups is 1. The summed E-state index contributed by atoms with van der Waals surface area (Å²) in [6, 6.07) is 9.31. The molecule has 0 saturated heterocycles. The van der Waals surface area contributed by atoms with E-state index in [0.29, 0.717) is 0 Å². The third-order valence-corrected chi connectivity index (χ3v) is 2.07. The molecule has 1 rings (SSSR count). The van der Waals surface area contributed by atoms with E-state index in [1.54, 1.807) is 14.0 Å². The number of nitrogens with two attached hydrogens (primary N) is 1. The van der Waals surface area contributed by atoms with E-state index in [2.05, 4.69) is 5.32 Å². The summed E-state index contributed by atoms with van der Waals surface area (Å²) in [6.07, 6.45) is 0. The molecule has 1 amide bonds. The molecule has 1 aromatic carbocycles. The summed E-state index contributed by atoms with van der Waals surface area (Å²) in [5, 5.41) is 2.54. The summed E-state index contributed by atoms with van der Waals surface area (Å²) in [6.45, 7) is 1.70. The van der Waals surface area contributed by atoms with Crippen molar-refractivity contribution >= 4 is 5.91 Å². The topological polar surface area (TPSA) is 55.1 Å². The van der Waals surface area contributed by atoms with Crippen LogP contribution in [0, 0.1) is 0 Å². The second kappa shape index (κ2) is 3.58. The highest BCUT2D eigenvalue weighted by Gasteiger charge is 2.28. The third kappa shape index (κ3) is 1.87. The van der Waals surface area contributed by atoms with Crippen molar-refractivity contribution < 1.29 is 4.79 Å². The van der Waals surface area contributed by atoms with Crippen molar-refractivity contribution in [2.45, 2.75) is 12.5 Å². The zero-order valence-electron chi connectivity index (χ0n) is 7.87. The van der Waals surface area contributed by atoms with Gasteiger partial charge in [-0.25, -0.2) is 0 Å². The van der Waals surface area contributed by atoms with Gasteiger partial charge in [0.2, 0.25) is 5.91 Å². The number of amides is 1. The van der Waals surface area contributed by atoms with Gasteiger partial charge in [0.05, 0.1) is 0 Å². The number of nitrogens with one attached hydrogen (secondary N) is 1. The first-order valence-electron chi connectivity index (χ1n) is 4.15. The minimum Gasteiger partial charge on any atom is -0.357 e. The highest BCUT2D eigenvalue weighted by molar-refractivity contribution is 5.86. The lowest BCUT2D eigenvalue weighted by Crippen LogP contribution is -2.47. The Morgan fingerprint density at radius 2 is 1.92 bits per heavy atom.